The number of hydrogen-bond acceptors (Lipinski definition) is 4. The zero-order chi connectivity index (χ0) is 13.3. The van der Waals surface area contributed by atoms with Crippen molar-refractivity contribution in [1.29, 1.82) is 5.26 Å². The Labute approximate surface area is 151 Å². The summed E-state index contributed by atoms with van der Waals surface area (Å²) in [5.41, 5.74) is 1.05. The van der Waals surface area contributed by atoms with Crippen molar-refractivity contribution in [3.05, 3.63) is 11.6 Å². The monoisotopic (exact) mass is 640 g/mol. The van der Waals surface area contributed by atoms with Gasteiger partial charge in [-0.05, 0) is 27.7 Å². The van der Waals surface area contributed by atoms with Gasteiger partial charge in [-0.3, -0.25) is 0 Å². The molecule has 0 aliphatic heterocycles. The maximum absolute atomic E-state index is 9.44. The number of rotatable bonds is 0. The van der Waals surface area contributed by atoms with E-state index in [1.165, 1.54) is 19.9 Å². The first-order chi connectivity index (χ1) is 6.92. The van der Waals surface area contributed by atoms with Crippen molar-refractivity contribution in [3.63, 3.8) is 0 Å². The molecule has 0 unspecified atom stereocenters. The number of Topliss-reactive ketones (excluding diaryl/α,β-unsaturated/α-hetero) is 1. The third-order valence-electron chi connectivity index (χ3n) is 0.353. The Morgan fingerprint density at radius 3 is 1.47 bits per heavy atom. The molecule has 0 saturated heterocycles. The molecule has 0 fully saturated rings. The predicted octanol–water partition coefficient (Wildman–Crippen LogP) is 0.600. The maximum atomic E-state index is 9.44. The zero-order valence-electron chi connectivity index (χ0n) is 9.95. The molecule has 0 atom stereocenters. The van der Waals surface area contributed by atoms with Gasteiger partial charge in [-0.25, -0.2) is 5.90 Å². The number of allylic oxidation sites excluding steroid dienone is 2. The summed E-state index contributed by atoms with van der Waals surface area (Å²) in [7, 11) is 0. The molecule has 3 N–H and O–H groups in total. The molecule has 0 aromatic rings. The summed E-state index contributed by atoms with van der Waals surface area (Å²) < 4.78 is 0. The first-order valence-electron chi connectivity index (χ1n) is 3.55. The molecule has 0 bridgehead atoms. The van der Waals surface area contributed by atoms with E-state index in [9.17, 15) is 4.79 Å². The molecule has 0 amide bonds. The normalized spacial score (nSPS) is 5.35. The molecule has 1 radical (unpaired) electrons. The van der Waals surface area contributed by atoms with Crippen molar-refractivity contribution < 1.29 is 41.8 Å². The summed E-state index contributed by atoms with van der Waals surface area (Å²) in [5, 5.41) is 14.4. The first-order valence-corrected chi connectivity index (χ1v) is 16.1. The second-order valence-corrected chi connectivity index (χ2v) is 18.6. The van der Waals surface area contributed by atoms with Crippen LogP contribution in [0.1, 0.15) is 27.7 Å². The minimum Gasteiger partial charge on any atom is -0.320 e. The van der Waals surface area contributed by atoms with Gasteiger partial charge in [0.25, 0.3) is 0 Å². The molecule has 9 heteroatoms. The van der Waals surface area contributed by atoms with E-state index in [4.69, 9.17) is 10.5 Å². The Balaban J connectivity index is -0.0000000246. The molecule has 0 aromatic carbocycles. The van der Waals surface area contributed by atoms with Gasteiger partial charge < -0.3 is 10.0 Å². The van der Waals surface area contributed by atoms with Crippen LogP contribution in [0.5, 0.6) is 0 Å². The van der Waals surface area contributed by atoms with E-state index in [2.05, 4.69) is 43.1 Å². The molecule has 0 aliphatic rings. The molecule has 105 valence electrons. The van der Waals surface area contributed by atoms with Crippen LogP contribution in [0.3, 0.4) is 0 Å². The molecule has 0 aromatic heterocycles. The van der Waals surface area contributed by atoms with Crippen LogP contribution in [-0.4, -0.2) is 11.0 Å². The summed E-state index contributed by atoms with van der Waals surface area (Å²) in [6.45, 7) is 6.84. The van der Waals surface area contributed by atoms with Gasteiger partial charge in [0.05, 0.1) is 6.07 Å². The molecule has 0 spiro atoms. The Kier molecular flexibility index (Phi) is 92.1. The van der Waals surface area contributed by atoms with Gasteiger partial charge in [-0.1, -0.05) is 5.57 Å². The van der Waals surface area contributed by atoms with Gasteiger partial charge in [-0.2, -0.15) is 5.26 Å². The standard InChI is InChI=1S/C5H7N.C3H6O.ClH.I3.H3NO.V/c1-5(2)3-4-6;1-3(2)4;;1-3-2;1-2;/h3H,1-2H3;1-2H3;1H;;2H,1H2;/q;;;-1;;. The van der Waals surface area contributed by atoms with Gasteiger partial charge in [-0.15, -0.1) is 12.4 Å². The summed E-state index contributed by atoms with van der Waals surface area (Å²) in [6.07, 6.45) is 1.51. The smallest absolute Gasteiger partial charge is 0 e. The van der Waals surface area contributed by atoms with E-state index >= 15 is 0 Å². The largest absolute Gasteiger partial charge is 0.320 e. The van der Waals surface area contributed by atoms with Crippen LogP contribution in [0.4, 0.5) is 0 Å². The van der Waals surface area contributed by atoms with E-state index in [-0.39, 0.29) is 36.7 Å². The van der Waals surface area contributed by atoms with Crippen molar-refractivity contribution >= 4 is 55.4 Å². The number of nitriles is 1. The van der Waals surface area contributed by atoms with Gasteiger partial charge in [0.2, 0.25) is 0 Å². The van der Waals surface area contributed by atoms with Gasteiger partial charge in [0.15, 0.2) is 0 Å². The molecule has 4 nitrogen and oxygen atoms in total. The maximum Gasteiger partial charge on any atom is 0 e. The number of carbonyl (C=O) groups is 1. The zero-order valence-corrected chi connectivity index (χ0v) is 18.6. The van der Waals surface area contributed by atoms with Crippen LogP contribution in [0, 0.1) is 11.3 Å². The number of ketones is 1. The number of hydrogen-bond donors (Lipinski definition) is 2. The minimum atomic E-state index is 0. The molecular weight excluding hydrogens is 623 g/mol. The van der Waals surface area contributed by atoms with Crippen molar-refractivity contribution in [2.75, 3.05) is 0 Å². The average Bonchev–Trinajstić information content (AvgIpc) is 2.07. The Hall–Kier alpha value is 1.88. The third kappa shape index (κ3) is 189. The van der Waals surface area contributed by atoms with E-state index in [0.29, 0.717) is 13.3 Å². The molecule has 0 saturated carbocycles. The van der Waals surface area contributed by atoms with Crippen molar-refractivity contribution in [1.82, 2.24) is 0 Å². The van der Waals surface area contributed by atoms with E-state index < -0.39 is 0 Å². The summed E-state index contributed by atoms with van der Waals surface area (Å²) in [4.78, 5) is 9.44. The van der Waals surface area contributed by atoms with Crippen LogP contribution in [0.25, 0.3) is 0 Å². The van der Waals surface area contributed by atoms with Gasteiger partial charge in [0.1, 0.15) is 5.78 Å². The summed E-state index contributed by atoms with van der Waals surface area (Å²) in [5.74, 6) is 3.67. The number of nitrogens with zero attached hydrogens (tertiary/aromatic N) is 1. The van der Waals surface area contributed by atoms with Crippen LogP contribution in [-0.2, 0) is 23.4 Å². The quantitative estimate of drug-likeness (QED) is 0.231. The Bertz CT molecular complexity index is 194. The van der Waals surface area contributed by atoms with Crippen LogP contribution in [0.15, 0.2) is 11.6 Å². The average molecular weight is 640 g/mol. The van der Waals surface area contributed by atoms with Crippen LogP contribution in [0.2, 0.25) is 0 Å². The third-order valence-corrected chi connectivity index (χ3v) is 0.353. The van der Waals surface area contributed by atoms with Gasteiger partial charge >= 0.3 is 50.5 Å². The molecular formula is C8H17ClI3N2O2V-. The van der Waals surface area contributed by atoms with E-state index in [1.54, 1.807) is 0 Å². The van der Waals surface area contributed by atoms with Crippen molar-refractivity contribution in [2.45, 2.75) is 27.7 Å². The SMILES string of the molecule is CC(C)=CC#N.CC(C)=O.Cl.I[I-]I.NO.[V]. The van der Waals surface area contributed by atoms with Crippen molar-refractivity contribution in [3.8, 4) is 6.07 Å². The Morgan fingerprint density at radius 2 is 1.47 bits per heavy atom. The van der Waals surface area contributed by atoms with E-state index in [0.717, 1.165) is 5.57 Å². The fourth-order valence-electron chi connectivity index (χ4n) is 0.129. The molecule has 17 heavy (non-hydrogen) atoms. The topological polar surface area (TPSA) is 87.1 Å². The molecule has 0 heterocycles. The number of halogens is 4. The summed E-state index contributed by atoms with van der Waals surface area (Å²) in [6, 6.07) is 1.91. The van der Waals surface area contributed by atoms with Crippen LogP contribution < -0.4 is 19.2 Å². The van der Waals surface area contributed by atoms with Gasteiger partial charge in [0, 0.05) is 24.6 Å². The van der Waals surface area contributed by atoms with Crippen LogP contribution >= 0.6 is 49.6 Å². The second kappa shape index (κ2) is 43.0. The molecule has 0 rings (SSSR count). The van der Waals surface area contributed by atoms with Crippen molar-refractivity contribution in [2.24, 2.45) is 5.90 Å². The second-order valence-electron chi connectivity index (χ2n) is 2.31. The molecule has 0 aliphatic carbocycles. The number of nitrogens with two attached hydrogens (primary N) is 1. The predicted molar refractivity (Wildman–Crippen MR) is 82.7 cm³/mol. The first kappa shape index (κ1) is 36.4. The minimum absolute atomic E-state index is 0. The summed E-state index contributed by atoms with van der Waals surface area (Å²) >= 11 is 5.30. The number of carbonyl (C=O) groups excluding carboxylic acids is 1. The fourth-order valence-corrected chi connectivity index (χ4v) is 0.129. The fraction of sp³-hybridized carbons (Fsp3) is 0.500. The Morgan fingerprint density at radius 1 is 1.29 bits per heavy atom. The van der Waals surface area contributed by atoms with E-state index in [1.807, 2.05) is 19.9 Å².